The minimum atomic E-state index is -0.966. The van der Waals surface area contributed by atoms with Gasteiger partial charge in [0.1, 0.15) is 0 Å². The van der Waals surface area contributed by atoms with E-state index in [4.69, 9.17) is 14.2 Å². The first-order valence-electron chi connectivity index (χ1n) is 9.62. The lowest BCUT2D eigenvalue weighted by atomic mass is 10.1. The van der Waals surface area contributed by atoms with Crippen molar-refractivity contribution in [1.82, 2.24) is 5.32 Å². The molecule has 1 atom stereocenters. The number of esters is 1. The van der Waals surface area contributed by atoms with Crippen LogP contribution in [-0.2, 0) is 20.9 Å². The molecule has 1 amide bonds. The topological polar surface area (TPSA) is 90.9 Å². The SMILES string of the molecule is COc1ccc(CNC(=O)[C@H](C)OC(=O)CCC(=O)c2ccc(C)cc2)cc1OC. The number of hydrogen-bond donors (Lipinski definition) is 1. The molecule has 0 spiro atoms. The van der Waals surface area contributed by atoms with E-state index < -0.39 is 18.0 Å². The maximum Gasteiger partial charge on any atom is 0.307 e. The Kier molecular flexibility index (Phi) is 8.41. The molecule has 0 bridgehead atoms. The first kappa shape index (κ1) is 22.9. The molecule has 2 aromatic rings. The Morgan fingerprint density at radius 1 is 0.933 bits per heavy atom. The van der Waals surface area contributed by atoms with Gasteiger partial charge >= 0.3 is 5.97 Å². The third-order valence-electron chi connectivity index (χ3n) is 4.52. The highest BCUT2D eigenvalue weighted by molar-refractivity contribution is 5.97. The second kappa shape index (κ2) is 11.0. The van der Waals surface area contributed by atoms with Gasteiger partial charge in [0.05, 0.1) is 20.6 Å². The molecule has 7 heteroatoms. The van der Waals surface area contributed by atoms with Crippen molar-refractivity contribution in [2.75, 3.05) is 14.2 Å². The highest BCUT2D eigenvalue weighted by Crippen LogP contribution is 2.27. The van der Waals surface area contributed by atoms with Crippen molar-refractivity contribution in [1.29, 1.82) is 0 Å². The van der Waals surface area contributed by atoms with Crippen molar-refractivity contribution in [2.24, 2.45) is 0 Å². The summed E-state index contributed by atoms with van der Waals surface area (Å²) < 4.78 is 15.6. The number of methoxy groups -OCH3 is 2. The maximum absolute atomic E-state index is 12.2. The molecule has 0 fully saturated rings. The highest BCUT2D eigenvalue weighted by atomic mass is 16.5. The summed E-state index contributed by atoms with van der Waals surface area (Å²) in [6.45, 7) is 3.67. The number of aryl methyl sites for hydroxylation is 1. The Hall–Kier alpha value is -3.35. The number of nitrogens with one attached hydrogen (secondary N) is 1. The molecule has 0 heterocycles. The lowest BCUT2D eigenvalue weighted by Gasteiger charge is -2.14. The van der Waals surface area contributed by atoms with Crippen LogP contribution in [0.3, 0.4) is 0 Å². The lowest BCUT2D eigenvalue weighted by molar-refractivity contribution is -0.154. The molecular weight excluding hydrogens is 386 g/mol. The number of carbonyl (C=O) groups excluding carboxylic acids is 3. The third-order valence-corrected chi connectivity index (χ3v) is 4.52. The van der Waals surface area contributed by atoms with Gasteiger partial charge in [-0.3, -0.25) is 14.4 Å². The zero-order valence-electron chi connectivity index (χ0n) is 17.7. The van der Waals surface area contributed by atoms with E-state index in [0.717, 1.165) is 11.1 Å². The summed E-state index contributed by atoms with van der Waals surface area (Å²) in [5.74, 6) is -0.0123. The van der Waals surface area contributed by atoms with Crippen LogP contribution in [0.4, 0.5) is 0 Å². The number of benzene rings is 2. The number of amides is 1. The van der Waals surface area contributed by atoms with Crippen LogP contribution in [0.15, 0.2) is 42.5 Å². The van der Waals surface area contributed by atoms with Crippen molar-refractivity contribution in [3.63, 3.8) is 0 Å². The van der Waals surface area contributed by atoms with E-state index in [-0.39, 0.29) is 25.2 Å². The molecule has 0 unspecified atom stereocenters. The van der Waals surface area contributed by atoms with Gasteiger partial charge in [0.15, 0.2) is 23.4 Å². The number of rotatable bonds is 10. The molecule has 0 saturated carbocycles. The average molecular weight is 413 g/mol. The number of Topliss-reactive ketones (excluding diaryl/α,β-unsaturated/α-hetero) is 1. The van der Waals surface area contributed by atoms with Gasteiger partial charge in [-0.25, -0.2) is 0 Å². The van der Waals surface area contributed by atoms with Crippen molar-refractivity contribution in [3.05, 3.63) is 59.2 Å². The molecule has 7 nitrogen and oxygen atoms in total. The van der Waals surface area contributed by atoms with E-state index in [0.29, 0.717) is 17.1 Å². The van der Waals surface area contributed by atoms with Crippen LogP contribution in [0, 0.1) is 6.92 Å². The van der Waals surface area contributed by atoms with Crippen LogP contribution in [-0.4, -0.2) is 38.0 Å². The Balaban J connectivity index is 1.78. The normalized spacial score (nSPS) is 11.3. The Labute approximate surface area is 176 Å². The van der Waals surface area contributed by atoms with Crippen LogP contribution in [0.1, 0.15) is 41.3 Å². The predicted octanol–water partition coefficient (Wildman–Crippen LogP) is 3.22. The fourth-order valence-corrected chi connectivity index (χ4v) is 2.73. The monoisotopic (exact) mass is 413 g/mol. The molecule has 1 N–H and O–H groups in total. The van der Waals surface area contributed by atoms with Crippen molar-refractivity contribution < 1.29 is 28.6 Å². The molecule has 2 rings (SSSR count). The van der Waals surface area contributed by atoms with Crippen LogP contribution < -0.4 is 14.8 Å². The molecule has 0 aliphatic heterocycles. The van der Waals surface area contributed by atoms with Gasteiger partial charge in [-0.15, -0.1) is 0 Å². The number of ketones is 1. The molecule has 0 aromatic heterocycles. The van der Waals surface area contributed by atoms with Crippen LogP contribution >= 0.6 is 0 Å². The molecule has 0 aliphatic carbocycles. The Morgan fingerprint density at radius 3 is 2.23 bits per heavy atom. The Morgan fingerprint density at radius 2 is 1.60 bits per heavy atom. The zero-order chi connectivity index (χ0) is 22.1. The molecule has 160 valence electrons. The summed E-state index contributed by atoms with van der Waals surface area (Å²) in [5, 5.41) is 2.71. The number of hydrogen-bond acceptors (Lipinski definition) is 6. The highest BCUT2D eigenvalue weighted by Gasteiger charge is 2.19. The predicted molar refractivity (Wildman–Crippen MR) is 112 cm³/mol. The number of ether oxygens (including phenoxy) is 3. The van der Waals surface area contributed by atoms with Gasteiger partial charge in [-0.1, -0.05) is 35.9 Å². The number of carbonyl (C=O) groups is 3. The van der Waals surface area contributed by atoms with Gasteiger partial charge in [0.2, 0.25) is 0 Å². The molecular formula is C23H27NO6. The van der Waals surface area contributed by atoms with Gasteiger partial charge < -0.3 is 19.5 Å². The Bertz CT molecular complexity index is 891. The third kappa shape index (κ3) is 6.62. The summed E-state index contributed by atoms with van der Waals surface area (Å²) in [6.07, 6.45) is -1.02. The first-order valence-corrected chi connectivity index (χ1v) is 9.62. The van der Waals surface area contributed by atoms with Crippen molar-refractivity contribution in [2.45, 2.75) is 39.3 Å². The second-order valence-corrected chi connectivity index (χ2v) is 6.83. The molecule has 0 radical (unpaired) electrons. The van der Waals surface area contributed by atoms with E-state index in [9.17, 15) is 14.4 Å². The average Bonchev–Trinajstić information content (AvgIpc) is 2.75. The first-order chi connectivity index (χ1) is 14.3. The fraction of sp³-hybridized carbons (Fsp3) is 0.348. The van der Waals surface area contributed by atoms with E-state index in [1.165, 1.54) is 14.0 Å². The second-order valence-electron chi connectivity index (χ2n) is 6.83. The zero-order valence-corrected chi connectivity index (χ0v) is 17.7. The van der Waals surface area contributed by atoms with Gasteiger partial charge in [0, 0.05) is 18.5 Å². The van der Waals surface area contributed by atoms with Gasteiger partial charge in [-0.05, 0) is 31.5 Å². The standard InChI is InChI=1S/C23H27NO6/c1-15-5-8-18(9-6-15)19(25)10-12-22(26)30-16(2)23(27)24-14-17-7-11-20(28-3)21(13-17)29-4/h5-9,11,13,16H,10,12,14H2,1-4H3,(H,24,27)/t16-/m0/s1. The molecule has 0 saturated heterocycles. The quantitative estimate of drug-likeness (QED) is 0.475. The van der Waals surface area contributed by atoms with Crippen molar-refractivity contribution in [3.8, 4) is 11.5 Å². The summed E-state index contributed by atoms with van der Waals surface area (Å²) in [4.78, 5) is 36.3. The van der Waals surface area contributed by atoms with E-state index in [1.54, 1.807) is 37.4 Å². The van der Waals surface area contributed by atoms with Gasteiger partial charge in [0.25, 0.3) is 5.91 Å². The summed E-state index contributed by atoms with van der Waals surface area (Å²) >= 11 is 0. The van der Waals surface area contributed by atoms with Crippen LogP contribution in [0.25, 0.3) is 0 Å². The molecule has 0 aliphatic rings. The minimum absolute atomic E-state index is 0.0296. The summed E-state index contributed by atoms with van der Waals surface area (Å²) in [5.41, 5.74) is 2.41. The van der Waals surface area contributed by atoms with Gasteiger partial charge in [-0.2, -0.15) is 0 Å². The smallest absolute Gasteiger partial charge is 0.307 e. The summed E-state index contributed by atoms with van der Waals surface area (Å²) in [6, 6.07) is 12.4. The minimum Gasteiger partial charge on any atom is -0.493 e. The van der Waals surface area contributed by atoms with Crippen molar-refractivity contribution >= 4 is 17.7 Å². The van der Waals surface area contributed by atoms with E-state index in [1.807, 2.05) is 19.1 Å². The van der Waals surface area contributed by atoms with E-state index >= 15 is 0 Å². The lowest BCUT2D eigenvalue weighted by Crippen LogP contribution is -2.35. The molecule has 2 aromatic carbocycles. The molecule has 30 heavy (non-hydrogen) atoms. The largest absolute Gasteiger partial charge is 0.493 e. The van der Waals surface area contributed by atoms with E-state index in [2.05, 4.69) is 5.32 Å². The maximum atomic E-state index is 12.2. The summed E-state index contributed by atoms with van der Waals surface area (Å²) in [7, 11) is 3.08. The van der Waals surface area contributed by atoms with Crippen LogP contribution in [0.5, 0.6) is 11.5 Å². The van der Waals surface area contributed by atoms with Crippen LogP contribution in [0.2, 0.25) is 0 Å². The fourth-order valence-electron chi connectivity index (χ4n) is 2.73.